The number of alkyl halides is 3. The minimum absolute atomic E-state index is 0.0280. The molecule has 20 nitrogen and oxygen atoms in total. The number of nitrogens with zero attached hydrogens (tertiary/aromatic N) is 16. The summed E-state index contributed by atoms with van der Waals surface area (Å²) in [5.41, 5.74) is 6.81. The molecule has 6 aromatic heterocycles. The van der Waals surface area contributed by atoms with Crippen molar-refractivity contribution in [3.8, 4) is 22.8 Å². The van der Waals surface area contributed by atoms with E-state index < -0.39 is 11.9 Å². The molecule has 0 aliphatic carbocycles. The van der Waals surface area contributed by atoms with Gasteiger partial charge in [-0.15, -0.1) is 5.10 Å². The highest BCUT2D eigenvalue weighted by molar-refractivity contribution is 6.00. The summed E-state index contributed by atoms with van der Waals surface area (Å²) in [5.74, 6) is 1.93. The van der Waals surface area contributed by atoms with E-state index in [1.54, 1.807) is 62.6 Å². The maximum atomic E-state index is 13.5. The Bertz CT molecular complexity index is 3870. The molecule has 9 unspecified atom stereocenters. The van der Waals surface area contributed by atoms with E-state index in [4.69, 9.17) is 4.74 Å². The number of aromatic nitrogens is 13. The lowest BCUT2D eigenvalue weighted by Crippen LogP contribution is -2.37. The molecular weight excluding hydrogens is 1130 g/mol. The number of para-hydroxylation sites is 3. The van der Waals surface area contributed by atoms with E-state index in [1.807, 2.05) is 83.9 Å². The number of carbonyl (C=O) groups is 3. The van der Waals surface area contributed by atoms with E-state index in [1.165, 1.54) is 26.0 Å². The zero-order valence-corrected chi connectivity index (χ0v) is 48.6. The Morgan fingerprint density at radius 1 is 0.466 bits per heavy atom. The zero-order valence-electron chi connectivity index (χ0n) is 48.6. The molecule has 6 saturated heterocycles. The number of hydrogen-bond acceptors (Lipinski definition) is 14. The average molecular weight is 1190 g/mol. The predicted octanol–water partition coefficient (Wildman–Crippen LogP) is 9.43. The van der Waals surface area contributed by atoms with Gasteiger partial charge in [0, 0.05) is 53.8 Å². The summed E-state index contributed by atoms with van der Waals surface area (Å²) in [4.78, 5) is 60.3. The Morgan fingerprint density at radius 2 is 0.841 bits per heavy atom. The van der Waals surface area contributed by atoms with Gasteiger partial charge in [-0.1, -0.05) is 42.5 Å². The zero-order chi connectivity index (χ0) is 60.5. The van der Waals surface area contributed by atoms with Crippen molar-refractivity contribution in [2.24, 2.45) is 17.8 Å². The number of halogens is 3. The third-order valence-electron chi connectivity index (χ3n) is 18.4. The lowest BCUT2D eigenvalue weighted by Gasteiger charge is -2.25. The SMILES string of the molecule is COc1ccc(CC2CC3CCC2N3C(=O)c2ccccc2-n2nccn2)nc1.Cc1ccc(CC2CC3CCC2N3C(=O)c2ccccc2-n2nccn2)nc1.O=C(c1ccccc1-n1nccn1)N1C2CCC1C(Cc1ccc(C(F)(F)F)nn1)C2. The van der Waals surface area contributed by atoms with Crippen LogP contribution >= 0.6 is 0 Å². The molecule has 6 bridgehead atoms. The number of methoxy groups -OCH3 is 1. The molecule has 12 heterocycles. The summed E-state index contributed by atoms with van der Waals surface area (Å²) < 4.78 is 43.4. The van der Waals surface area contributed by atoms with Gasteiger partial charge in [0.25, 0.3) is 17.7 Å². The number of rotatable bonds is 13. The van der Waals surface area contributed by atoms with E-state index in [0.29, 0.717) is 64.5 Å². The van der Waals surface area contributed by atoms with Crippen molar-refractivity contribution in [1.29, 1.82) is 0 Å². The van der Waals surface area contributed by atoms with Crippen molar-refractivity contribution in [2.75, 3.05) is 7.11 Å². The Kier molecular flexibility index (Phi) is 16.1. The highest BCUT2D eigenvalue weighted by Gasteiger charge is 2.51. The van der Waals surface area contributed by atoms with Gasteiger partial charge in [0.2, 0.25) is 0 Å². The smallest absolute Gasteiger partial charge is 0.435 e. The highest BCUT2D eigenvalue weighted by atomic mass is 19.4. The Balaban J connectivity index is 0.000000122. The molecule has 15 rings (SSSR count). The van der Waals surface area contributed by atoms with Gasteiger partial charge in [-0.25, -0.2) is 0 Å². The fourth-order valence-corrected chi connectivity index (χ4v) is 14.6. The molecule has 0 N–H and O–H groups in total. The summed E-state index contributed by atoms with van der Waals surface area (Å²) in [6.07, 6.45) is 20.1. The third-order valence-corrected chi connectivity index (χ3v) is 18.4. The summed E-state index contributed by atoms with van der Waals surface area (Å²) in [7, 11) is 1.65. The van der Waals surface area contributed by atoms with Crippen molar-refractivity contribution in [2.45, 2.75) is 126 Å². The number of ether oxygens (including phenoxy) is 1. The quantitative estimate of drug-likeness (QED) is 0.105. The maximum Gasteiger partial charge on any atom is 0.435 e. The first kappa shape index (κ1) is 57.5. The van der Waals surface area contributed by atoms with Crippen LogP contribution < -0.4 is 4.74 Å². The largest absolute Gasteiger partial charge is 0.495 e. The van der Waals surface area contributed by atoms with Crippen molar-refractivity contribution in [1.82, 2.24) is 79.8 Å². The lowest BCUT2D eigenvalue weighted by atomic mass is 9.86. The normalized spacial score (nSPS) is 23.0. The molecule has 9 atom stereocenters. The Morgan fingerprint density at radius 3 is 1.18 bits per heavy atom. The van der Waals surface area contributed by atoms with Gasteiger partial charge in [-0.2, -0.15) is 63.3 Å². The fourth-order valence-electron chi connectivity index (χ4n) is 14.6. The minimum Gasteiger partial charge on any atom is -0.495 e. The molecule has 3 aromatic carbocycles. The van der Waals surface area contributed by atoms with Crippen LogP contribution in [0.2, 0.25) is 0 Å². The first-order chi connectivity index (χ1) is 42.9. The number of pyridine rings is 2. The van der Waals surface area contributed by atoms with E-state index >= 15 is 0 Å². The van der Waals surface area contributed by atoms with E-state index in [0.717, 1.165) is 105 Å². The molecule has 23 heteroatoms. The molecule has 0 spiro atoms. The third kappa shape index (κ3) is 11.6. The van der Waals surface area contributed by atoms with Crippen LogP contribution in [0.1, 0.15) is 117 Å². The fraction of sp³-hybridized carbons (Fsp3) is 0.369. The second-order valence-corrected chi connectivity index (χ2v) is 23.6. The molecule has 88 heavy (non-hydrogen) atoms. The number of benzene rings is 3. The minimum atomic E-state index is -4.50. The van der Waals surface area contributed by atoms with Gasteiger partial charge in [0.05, 0.1) is 89.9 Å². The van der Waals surface area contributed by atoms with Crippen molar-refractivity contribution in [3.05, 3.63) is 204 Å². The first-order valence-corrected chi connectivity index (χ1v) is 30.0. The molecule has 6 aliphatic heterocycles. The second-order valence-electron chi connectivity index (χ2n) is 23.6. The molecule has 450 valence electrons. The topological polar surface area (TPSA) is 214 Å². The monoisotopic (exact) mass is 1190 g/mol. The van der Waals surface area contributed by atoms with Gasteiger partial charge < -0.3 is 19.4 Å². The van der Waals surface area contributed by atoms with E-state index in [-0.39, 0.29) is 41.8 Å². The highest BCUT2D eigenvalue weighted by Crippen LogP contribution is 2.47. The molecular formula is C65H65F3N16O4. The van der Waals surface area contributed by atoms with Crippen molar-refractivity contribution < 1.29 is 32.3 Å². The Hall–Kier alpha value is -9.54. The summed E-state index contributed by atoms with van der Waals surface area (Å²) in [6, 6.07) is 34.3. The van der Waals surface area contributed by atoms with Crippen LogP contribution in [0.5, 0.6) is 5.75 Å². The van der Waals surface area contributed by atoms with Gasteiger partial charge >= 0.3 is 6.18 Å². The van der Waals surface area contributed by atoms with Gasteiger partial charge in [0.1, 0.15) is 5.75 Å². The van der Waals surface area contributed by atoms with Crippen LogP contribution in [-0.4, -0.2) is 141 Å². The van der Waals surface area contributed by atoms with Crippen LogP contribution in [0.25, 0.3) is 17.1 Å². The predicted molar refractivity (Wildman–Crippen MR) is 315 cm³/mol. The van der Waals surface area contributed by atoms with Gasteiger partial charge in [-0.3, -0.25) is 24.4 Å². The average Bonchev–Trinajstić information content (AvgIpc) is 2.10. The van der Waals surface area contributed by atoms with Gasteiger partial charge in [-0.05, 0) is 174 Å². The molecule has 0 saturated carbocycles. The standard InChI is InChI=1S/C22H23N5O2.C22H23N5O.C21H19F3N6O/c1-29-18-8-6-16(23-14-18)12-15-13-17-7-9-20(15)26(17)22(28)19-4-2-3-5-21(19)27-24-10-11-25-27;1-15-6-7-17(23-14-15)12-16-13-18-8-9-20(16)26(18)22(28)19-4-2-3-5-21(19)27-24-10-11-25-27;22-21(23,24)19-8-5-14(27-28-19)11-13-12-15-6-7-17(13)29(15)20(31)16-3-1-2-4-18(16)30-25-9-10-26-30/h2-6,8,10-11,14-15,17,20H,7,9,12-13H2,1H3;2-7,10-11,14,16,18,20H,8-9,12-13H2,1H3;1-5,8-10,13,15,17H,6-7,11-12H2. The number of fused-ring (bicyclic) bond motifs is 6. The Labute approximate surface area is 505 Å². The second kappa shape index (κ2) is 24.7. The molecule has 6 aliphatic rings. The van der Waals surface area contributed by atoms with Crippen LogP contribution in [0.15, 0.2) is 159 Å². The number of amides is 3. The lowest BCUT2D eigenvalue weighted by molar-refractivity contribution is -0.141. The van der Waals surface area contributed by atoms with Crippen LogP contribution in [0, 0.1) is 24.7 Å². The van der Waals surface area contributed by atoms with Crippen molar-refractivity contribution >= 4 is 17.7 Å². The summed E-state index contributed by atoms with van der Waals surface area (Å²) in [5, 5.41) is 32.2. The summed E-state index contributed by atoms with van der Waals surface area (Å²) >= 11 is 0. The first-order valence-electron chi connectivity index (χ1n) is 30.0. The maximum absolute atomic E-state index is 13.5. The van der Waals surface area contributed by atoms with E-state index in [2.05, 4.69) is 79.6 Å². The van der Waals surface area contributed by atoms with Crippen LogP contribution in [0.4, 0.5) is 13.2 Å². The van der Waals surface area contributed by atoms with Gasteiger partial charge in [0.15, 0.2) is 5.69 Å². The number of aryl methyl sites for hydroxylation is 1. The van der Waals surface area contributed by atoms with E-state index in [9.17, 15) is 27.6 Å². The summed E-state index contributed by atoms with van der Waals surface area (Å²) in [6.45, 7) is 2.06. The van der Waals surface area contributed by atoms with Crippen LogP contribution in [0.3, 0.4) is 0 Å². The number of carbonyl (C=O) groups excluding carboxylic acids is 3. The van der Waals surface area contributed by atoms with Crippen LogP contribution in [-0.2, 0) is 25.4 Å². The molecule has 9 aromatic rings. The molecule has 3 amide bonds. The van der Waals surface area contributed by atoms with Crippen molar-refractivity contribution in [3.63, 3.8) is 0 Å². The number of hydrogen-bond donors (Lipinski definition) is 0. The molecule has 6 fully saturated rings. The molecule has 0 radical (unpaired) electrons.